The van der Waals surface area contributed by atoms with E-state index in [2.05, 4.69) is 15.7 Å². The van der Waals surface area contributed by atoms with Crippen molar-refractivity contribution in [2.24, 2.45) is 0 Å². The van der Waals surface area contributed by atoms with E-state index in [4.69, 9.17) is 11.6 Å². The molecular formula is C24H25ClF3N5O. The molecule has 6 nitrogen and oxygen atoms in total. The van der Waals surface area contributed by atoms with Crippen LogP contribution in [0.1, 0.15) is 46.0 Å². The summed E-state index contributed by atoms with van der Waals surface area (Å²) in [7, 11) is 3.73. The fraction of sp³-hybridized carbons (Fsp3) is 0.333. The molecular weight excluding hydrogens is 467 g/mol. The first-order valence-corrected chi connectivity index (χ1v) is 11.2. The Kier molecular flexibility index (Phi) is 6.86. The van der Waals surface area contributed by atoms with Crippen molar-refractivity contribution < 1.29 is 18.0 Å². The predicted octanol–water partition coefficient (Wildman–Crippen LogP) is 5.23. The van der Waals surface area contributed by atoms with Crippen LogP contribution in [0.25, 0.3) is 0 Å². The third-order valence-corrected chi connectivity index (χ3v) is 6.37. The maximum atomic E-state index is 13.9. The number of fused-ring (bicyclic) bond motifs is 1. The number of nitrogens with one attached hydrogen (secondary N) is 2. The van der Waals surface area contributed by atoms with Crippen molar-refractivity contribution >= 4 is 23.3 Å². The fourth-order valence-corrected chi connectivity index (χ4v) is 4.50. The lowest BCUT2D eigenvalue weighted by atomic mass is 9.96. The number of carbonyl (C=O) groups is 1. The number of benzene rings is 2. The molecule has 1 unspecified atom stereocenters. The van der Waals surface area contributed by atoms with Gasteiger partial charge in [0, 0.05) is 18.0 Å². The molecule has 2 N–H and O–H groups in total. The van der Waals surface area contributed by atoms with E-state index >= 15 is 0 Å². The number of rotatable bonds is 6. The number of halogens is 4. The second kappa shape index (κ2) is 9.68. The van der Waals surface area contributed by atoms with Crippen molar-refractivity contribution in [3.63, 3.8) is 0 Å². The molecule has 1 aromatic heterocycles. The maximum absolute atomic E-state index is 13.9. The molecule has 180 valence electrons. The van der Waals surface area contributed by atoms with Gasteiger partial charge in [0.15, 0.2) is 6.04 Å². The lowest BCUT2D eigenvalue weighted by molar-refractivity contribution is -0.173. The van der Waals surface area contributed by atoms with Crippen LogP contribution >= 0.6 is 11.6 Å². The van der Waals surface area contributed by atoms with Crippen LogP contribution in [0.4, 0.5) is 19.0 Å². The highest BCUT2D eigenvalue weighted by Crippen LogP contribution is 2.44. The van der Waals surface area contributed by atoms with Gasteiger partial charge < -0.3 is 15.5 Å². The molecule has 0 saturated carbocycles. The molecule has 3 aromatic rings. The average molecular weight is 492 g/mol. The molecule has 0 fully saturated rings. The number of anilines is 1. The normalized spacial score (nSPS) is 18.8. The molecule has 2 heterocycles. The quantitative estimate of drug-likeness (QED) is 0.495. The highest BCUT2D eigenvalue weighted by atomic mass is 35.5. The molecule has 1 amide bonds. The first-order valence-electron chi connectivity index (χ1n) is 10.8. The number of aromatic nitrogens is 2. The van der Waals surface area contributed by atoms with E-state index in [1.54, 1.807) is 36.4 Å². The molecule has 0 bridgehead atoms. The van der Waals surface area contributed by atoms with Gasteiger partial charge in [-0.2, -0.15) is 18.3 Å². The van der Waals surface area contributed by atoms with Crippen molar-refractivity contribution in [3.8, 4) is 0 Å². The summed E-state index contributed by atoms with van der Waals surface area (Å²) in [4.78, 5) is 15.0. The third-order valence-electron chi connectivity index (χ3n) is 6.03. The summed E-state index contributed by atoms with van der Waals surface area (Å²) < 4.78 is 42.5. The summed E-state index contributed by atoms with van der Waals surface area (Å²) in [6, 6.07) is 13.5. The van der Waals surface area contributed by atoms with Gasteiger partial charge in [0.05, 0.1) is 18.3 Å². The lowest BCUT2D eigenvalue weighted by Crippen LogP contribution is -2.37. The minimum absolute atomic E-state index is 0.0547. The Morgan fingerprint density at radius 2 is 1.88 bits per heavy atom. The number of hydrogen-bond acceptors (Lipinski definition) is 4. The summed E-state index contributed by atoms with van der Waals surface area (Å²) in [6.07, 6.45) is -3.55. The summed E-state index contributed by atoms with van der Waals surface area (Å²) in [6.45, 7) is 0.213. The van der Waals surface area contributed by atoms with Crippen LogP contribution < -0.4 is 10.6 Å². The third kappa shape index (κ3) is 4.90. The van der Waals surface area contributed by atoms with E-state index in [0.717, 1.165) is 10.2 Å². The van der Waals surface area contributed by atoms with Gasteiger partial charge in [0.2, 0.25) is 0 Å². The van der Waals surface area contributed by atoms with Crippen LogP contribution in [0.3, 0.4) is 0 Å². The van der Waals surface area contributed by atoms with E-state index in [0.29, 0.717) is 10.6 Å². The zero-order valence-corrected chi connectivity index (χ0v) is 19.4. The van der Waals surface area contributed by atoms with Crippen molar-refractivity contribution in [2.75, 3.05) is 26.0 Å². The van der Waals surface area contributed by atoms with E-state index < -0.39 is 24.2 Å². The van der Waals surface area contributed by atoms with Gasteiger partial charge in [-0.15, -0.1) is 0 Å². The summed E-state index contributed by atoms with van der Waals surface area (Å²) in [5.41, 5.74) is 1.61. The number of nitrogens with zero attached hydrogens (tertiary/aromatic N) is 3. The van der Waals surface area contributed by atoms with Gasteiger partial charge in [0.1, 0.15) is 11.4 Å². The van der Waals surface area contributed by atoms with Gasteiger partial charge in [0.25, 0.3) is 5.91 Å². The van der Waals surface area contributed by atoms with Gasteiger partial charge in [-0.1, -0.05) is 60.1 Å². The van der Waals surface area contributed by atoms with Gasteiger partial charge in [-0.05, 0) is 31.3 Å². The smallest absolute Gasteiger partial charge is 0.363 e. The van der Waals surface area contributed by atoms with E-state index in [1.807, 2.05) is 37.2 Å². The Balaban J connectivity index is 1.59. The topological polar surface area (TPSA) is 62.2 Å². The Hall–Kier alpha value is -3.04. The van der Waals surface area contributed by atoms with Crippen LogP contribution in [0.5, 0.6) is 0 Å². The molecule has 0 spiro atoms. The standard InChI is InChI=1S/C24H25ClF3N5O/c1-32(2)20(16-10-6-7-11-18(16)25)14-29-23(34)17-13-30-33-21(24(26,27)28)12-19(31-22(17)33)15-8-4-3-5-9-15/h3-11,13,19-21,31H,12,14H2,1-2H3,(H,29,34)/t19-,20?,21+/m1/s1. The highest BCUT2D eigenvalue weighted by Gasteiger charge is 2.47. The molecule has 4 rings (SSSR count). The molecule has 0 radical (unpaired) electrons. The number of amides is 1. The first kappa shape index (κ1) is 24.1. The van der Waals surface area contributed by atoms with Crippen molar-refractivity contribution in [3.05, 3.63) is 82.5 Å². The van der Waals surface area contributed by atoms with E-state index in [-0.39, 0.29) is 30.4 Å². The number of hydrogen-bond donors (Lipinski definition) is 2. The SMILES string of the molecule is CN(C)C(CNC(=O)c1cnn2c1N[C@@H](c1ccccc1)C[C@H]2C(F)(F)F)c1ccccc1Cl. The summed E-state index contributed by atoms with van der Waals surface area (Å²) in [5.74, 6) is -0.457. The lowest BCUT2D eigenvalue weighted by Gasteiger charge is -2.34. The van der Waals surface area contributed by atoms with Crippen molar-refractivity contribution in [1.29, 1.82) is 0 Å². The Bertz CT molecular complexity index is 1150. The molecule has 0 aliphatic carbocycles. The van der Waals surface area contributed by atoms with Gasteiger partial charge >= 0.3 is 6.18 Å². The molecule has 10 heteroatoms. The van der Waals surface area contributed by atoms with Crippen LogP contribution in [-0.2, 0) is 0 Å². The van der Waals surface area contributed by atoms with Crippen molar-refractivity contribution in [2.45, 2.75) is 30.7 Å². The molecule has 1 aliphatic rings. The molecule has 34 heavy (non-hydrogen) atoms. The Labute approximate surface area is 200 Å². The second-order valence-electron chi connectivity index (χ2n) is 8.46. The molecule has 3 atom stereocenters. The maximum Gasteiger partial charge on any atom is 0.410 e. The van der Waals surface area contributed by atoms with E-state index in [9.17, 15) is 18.0 Å². The number of carbonyl (C=O) groups excluding carboxylic acids is 1. The number of alkyl halides is 3. The Morgan fingerprint density at radius 3 is 2.53 bits per heavy atom. The van der Waals surface area contributed by atoms with Crippen molar-refractivity contribution in [1.82, 2.24) is 20.0 Å². The second-order valence-corrected chi connectivity index (χ2v) is 8.87. The zero-order chi connectivity index (χ0) is 24.5. The van der Waals surface area contributed by atoms with Crippen LogP contribution in [0, 0.1) is 0 Å². The zero-order valence-electron chi connectivity index (χ0n) is 18.7. The minimum atomic E-state index is -4.51. The molecule has 2 aromatic carbocycles. The monoisotopic (exact) mass is 491 g/mol. The predicted molar refractivity (Wildman–Crippen MR) is 125 cm³/mol. The highest BCUT2D eigenvalue weighted by molar-refractivity contribution is 6.31. The Morgan fingerprint density at radius 1 is 1.21 bits per heavy atom. The van der Waals surface area contributed by atoms with Gasteiger partial charge in [-0.25, -0.2) is 4.68 Å². The largest absolute Gasteiger partial charge is 0.410 e. The molecule has 1 aliphatic heterocycles. The first-order chi connectivity index (χ1) is 16.2. The van der Waals surface area contributed by atoms with E-state index in [1.165, 1.54) is 6.20 Å². The fourth-order valence-electron chi connectivity index (χ4n) is 4.23. The molecule has 0 saturated heterocycles. The summed E-state index contributed by atoms with van der Waals surface area (Å²) >= 11 is 6.34. The van der Waals surface area contributed by atoms with Gasteiger partial charge in [-0.3, -0.25) is 4.79 Å². The van der Waals surface area contributed by atoms with Crippen LogP contribution in [-0.4, -0.2) is 47.4 Å². The average Bonchev–Trinajstić information content (AvgIpc) is 3.23. The number of likely N-dealkylation sites (N-methyl/N-ethyl adjacent to an activating group) is 1. The van der Waals surface area contributed by atoms with Crippen LogP contribution in [0.2, 0.25) is 5.02 Å². The summed E-state index contributed by atoms with van der Waals surface area (Å²) in [5, 5.41) is 10.4. The van der Waals surface area contributed by atoms with Crippen LogP contribution in [0.15, 0.2) is 60.8 Å². The minimum Gasteiger partial charge on any atom is -0.363 e.